The molecule has 2 aliphatic rings. The van der Waals surface area contributed by atoms with E-state index in [1.807, 2.05) is 91.9 Å². The van der Waals surface area contributed by atoms with Crippen LogP contribution in [0.4, 0.5) is 0 Å². The second kappa shape index (κ2) is 17.8. The number of aryl methyl sites for hydroxylation is 1. The fourth-order valence-electron chi connectivity index (χ4n) is 7.56. The van der Waals surface area contributed by atoms with Crippen LogP contribution in [0.15, 0.2) is 127 Å². The molecule has 2 amide bonds. The zero-order valence-electron chi connectivity index (χ0n) is 32.9. The minimum absolute atomic E-state index is 0.0260. The van der Waals surface area contributed by atoms with Gasteiger partial charge in [-0.2, -0.15) is 5.26 Å². The van der Waals surface area contributed by atoms with Crippen molar-refractivity contribution >= 4 is 41.0 Å². The second-order valence-corrected chi connectivity index (χ2v) is 15.9. The normalized spacial score (nSPS) is 15.8. The lowest BCUT2D eigenvalue weighted by Gasteiger charge is -2.37. The van der Waals surface area contributed by atoms with Crippen LogP contribution >= 0.6 is 23.2 Å². The number of hydrogen-bond donors (Lipinski definition) is 2. The van der Waals surface area contributed by atoms with Crippen molar-refractivity contribution in [2.45, 2.75) is 51.1 Å². The van der Waals surface area contributed by atoms with E-state index in [9.17, 15) is 19.5 Å². The Balaban J connectivity index is 0.985. The number of carboxylic acids is 1. The van der Waals surface area contributed by atoms with Gasteiger partial charge in [-0.05, 0) is 107 Å². The summed E-state index contributed by atoms with van der Waals surface area (Å²) in [4.78, 5) is 42.5. The number of benzene rings is 6. The SMILES string of the molecule is Cc1cccc(C(=O)N2Cc3cc4c(cc3C[C@H]2C(=O)NC(Cc2ccc(-c3ccc(C#N)cc3)cc2)C(=O)O)OC[C@H](c2ccc(OCc3ccc(Cl)c(Cl)c3)cc2)O4)c1. The number of carbonyl (C=O) groups is 3. The number of nitrogens with zero attached hydrogens (tertiary/aromatic N) is 2. The maximum Gasteiger partial charge on any atom is 0.326 e. The smallest absolute Gasteiger partial charge is 0.326 e. The van der Waals surface area contributed by atoms with Crippen molar-refractivity contribution in [3.63, 3.8) is 0 Å². The van der Waals surface area contributed by atoms with E-state index >= 15 is 0 Å². The van der Waals surface area contributed by atoms with Crippen molar-refractivity contribution in [3.05, 3.63) is 182 Å². The molecule has 61 heavy (non-hydrogen) atoms. The molecule has 2 heterocycles. The number of nitriles is 1. The standard InChI is InChI=1S/C49H39Cl2N3O7/c1-29-3-2-4-36(19-29)48(56)54-26-38-24-45-44(60-28-46(61-45)35-14-16-39(17-15-35)59-27-32-9-18-40(50)41(51)20-32)23-37(38)22-43(54)47(55)53-42(49(57)58)21-30-5-10-33(11-6-30)34-12-7-31(25-52)8-13-34/h2-20,23-24,42-43,46H,21-22,26-28H2,1H3,(H,53,55)(H,57,58)/t42?,43-,46+/m0/s1. The Bertz CT molecular complexity index is 2660. The molecule has 0 fully saturated rings. The molecule has 0 bridgehead atoms. The molecule has 1 unspecified atom stereocenters. The minimum atomic E-state index is -1.26. The third kappa shape index (κ3) is 9.34. The Morgan fingerprint density at radius 1 is 0.852 bits per heavy atom. The van der Waals surface area contributed by atoms with Gasteiger partial charge >= 0.3 is 5.97 Å². The van der Waals surface area contributed by atoms with Crippen LogP contribution in [-0.2, 0) is 35.6 Å². The summed E-state index contributed by atoms with van der Waals surface area (Å²) in [6, 6.07) is 38.2. The Morgan fingerprint density at radius 2 is 1.56 bits per heavy atom. The van der Waals surface area contributed by atoms with Crippen molar-refractivity contribution in [3.8, 4) is 34.4 Å². The third-order valence-electron chi connectivity index (χ3n) is 10.9. The zero-order chi connectivity index (χ0) is 42.6. The lowest BCUT2D eigenvalue weighted by Crippen LogP contribution is -2.56. The molecule has 0 aromatic heterocycles. The number of nitrogens with one attached hydrogen (secondary N) is 1. The molecule has 12 heteroatoms. The fourth-order valence-corrected chi connectivity index (χ4v) is 7.88. The summed E-state index contributed by atoms with van der Waals surface area (Å²) in [5.41, 5.74) is 7.73. The molecule has 0 radical (unpaired) electrons. The van der Waals surface area contributed by atoms with Crippen molar-refractivity contribution in [2.75, 3.05) is 6.61 Å². The van der Waals surface area contributed by atoms with E-state index < -0.39 is 30.1 Å². The van der Waals surface area contributed by atoms with Gasteiger partial charge in [0.25, 0.3) is 5.91 Å². The first-order valence-corrected chi connectivity index (χ1v) is 20.4. The van der Waals surface area contributed by atoms with Gasteiger partial charge in [-0.25, -0.2) is 4.79 Å². The largest absolute Gasteiger partial charge is 0.489 e. The first kappa shape index (κ1) is 41.0. The van der Waals surface area contributed by atoms with Crippen LogP contribution in [0.1, 0.15) is 55.4 Å². The van der Waals surface area contributed by atoms with Crippen LogP contribution in [0.2, 0.25) is 10.0 Å². The number of amides is 2. The highest BCUT2D eigenvalue weighted by Gasteiger charge is 2.38. The molecule has 0 saturated heterocycles. The van der Waals surface area contributed by atoms with E-state index in [2.05, 4.69) is 11.4 Å². The zero-order valence-corrected chi connectivity index (χ0v) is 34.5. The van der Waals surface area contributed by atoms with Gasteiger partial charge in [-0.1, -0.05) is 95.5 Å². The number of carboxylic acid groups (broad SMARTS) is 1. The first-order chi connectivity index (χ1) is 29.5. The molecule has 0 saturated carbocycles. The maximum atomic E-state index is 14.2. The Kier molecular flexibility index (Phi) is 12.0. The Labute approximate surface area is 362 Å². The number of halogens is 2. The van der Waals surface area contributed by atoms with Crippen molar-refractivity contribution in [1.82, 2.24) is 10.2 Å². The minimum Gasteiger partial charge on any atom is -0.489 e. The number of rotatable bonds is 11. The van der Waals surface area contributed by atoms with Crippen molar-refractivity contribution in [2.24, 2.45) is 0 Å². The highest BCUT2D eigenvalue weighted by atomic mass is 35.5. The van der Waals surface area contributed by atoms with E-state index in [4.69, 9.17) is 42.7 Å². The second-order valence-electron chi connectivity index (χ2n) is 15.1. The first-order valence-electron chi connectivity index (χ1n) is 19.6. The van der Waals surface area contributed by atoms with Gasteiger partial charge in [0.1, 0.15) is 31.0 Å². The van der Waals surface area contributed by atoms with E-state index in [0.717, 1.165) is 38.9 Å². The molecule has 10 nitrogen and oxygen atoms in total. The van der Waals surface area contributed by atoms with Gasteiger partial charge in [-0.15, -0.1) is 0 Å². The molecule has 6 aromatic carbocycles. The van der Waals surface area contributed by atoms with Gasteiger partial charge < -0.3 is 29.5 Å². The third-order valence-corrected chi connectivity index (χ3v) is 11.6. The number of hydrogen-bond acceptors (Lipinski definition) is 7. The molecular formula is C49H39Cl2N3O7. The van der Waals surface area contributed by atoms with Crippen LogP contribution in [-0.4, -0.2) is 46.5 Å². The van der Waals surface area contributed by atoms with Gasteiger partial charge in [0.05, 0.1) is 21.7 Å². The molecule has 2 aliphatic heterocycles. The monoisotopic (exact) mass is 851 g/mol. The van der Waals surface area contributed by atoms with Crippen LogP contribution in [0, 0.1) is 18.3 Å². The Morgan fingerprint density at radius 3 is 2.25 bits per heavy atom. The molecule has 306 valence electrons. The molecule has 3 atom stereocenters. The molecule has 2 N–H and O–H groups in total. The van der Waals surface area contributed by atoms with Gasteiger partial charge in [-0.3, -0.25) is 9.59 Å². The lowest BCUT2D eigenvalue weighted by atomic mass is 9.91. The van der Waals surface area contributed by atoms with Crippen LogP contribution in [0.5, 0.6) is 17.2 Å². The Hall–Kier alpha value is -6.80. The number of ether oxygens (including phenoxy) is 3. The molecule has 0 aliphatic carbocycles. The van der Waals surface area contributed by atoms with Crippen LogP contribution in [0.3, 0.4) is 0 Å². The fraction of sp³-hybridized carbons (Fsp3) is 0.184. The maximum absolute atomic E-state index is 14.2. The molecular weight excluding hydrogens is 813 g/mol. The predicted octanol–water partition coefficient (Wildman–Crippen LogP) is 9.31. The summed E-state index contributed by atoms with van der Waals surface area (Å²) in [5.74, 6) is -0.431. The van der Waals surface area contributed by atoms with E-state index in [-0.39, 0.29) is 31.9 Å². The number of carbonyl (C=O) groups excluding carboxylic acids is 2. The molecule has 0 spiro atoms. The summed E-state index contributed by atoms with van der Waals surface area (Å²) < 4.78 is 18.6. The van der Waals surface area contributed by atoms with Crippen LogP contribution in [0.25, 0.3) is 11.1 Å². The average Bonchev–Trinajstić information content (AvgIpc) is 3.28. The van der Waals surface area contributed by atoms with Crippen molar-refractivity contribution < 1.29 is 33.7 Å². The van der Waals surface area contributed by atoms with Gasteiger partial charge in [0, 0.05) is 24.9 Å². The van der Waals surface area contributed by atoms with Crippen molar-refractivity contribution in [1.29, 1.82) is 5.26 Å². The number of fused-ring (bicyclic) bond motifs is 2. The van der Waals surface area contributed by atoms with Gasteiger partial charge in [0.2, 0.25) is 5.91 Å². The van der Waals surface area contributed by atoms with E-state index in [1.54, 1.807) is 42.5 Å². The summed E-state index contributed by atoms with van der Waals surface area (Å²) in [5, 5.41) is 23.1. The summed E-state index contributed by atoms with van der Waals surface area (Å²) in [6.45, 7) is 2.53. The topological polar surface area (TPSA) is 138 Å². The van der Waals surface area contributed by atoms with Gasteiger partial charge in [0.15, 0.2) is 17.6 Å². The summed E-state index contributed by atoms with van der Waals surface area (Å²) in [6.07, 6.45) is -0.256. The van der Waals surface area contributed by atoms with E-state index in [0.29, 0.717) is 50.6 Å². The molecule has 6 aromatic rings. The highest BCUT2D eigenvalue weighted by Crippen LogP contribution is 2.41. The highest BCUT2D eigenvalue weighted by molar-refractivity contribution is 6.42. The lowest BCUT2D eigenvalue weighted by molar-refractivity contribution is -0.142. The summed E-state index contributed by atoms with van der Waals surface area (Å²) in [7, 11) is 0. The van der Waals surface area contributed by atoms with E-state index in [1.165, 1.54) is 4.90 Å². The summed E-state index contributed by atoms with van der Waals surface area (Å²) >= 11 is 12.2. The number of aliphatic carboxylic acids is 1. The average molecular weight is 853 g/mol. The predicted molar refractivity (Wildman–Crippen MR) is 231 cm³/mol. The molecule has 8 rings (SSSR count). The van der Waals surface area contributed by atoms with Crippen LogP contribution < -0.4 is 19.5 Å². The quantitative estimate of drug-likeness (QED) is 0.132.